The topological polar surface area (TPSA) is 79.5 Å². The maximum absolute atomic E-state index is 12.3. The number of hydrogen-bond donors (Lipinski definition) is 2. The minimum atomic E-state index is -0.488. The normalized spacial score (nSPS) is 11.0. The van der Waals surface area contributed by atoms with Gasteiger partial charge in [-0.15, -0.1) is 0 Å². The number of carbonyl (C=O) groups is 1. The van der Waals surface area contributed by atoms with Gasteiger partial charge in [-0.3, -0.25) is 9.48 Å². The molecule has 0 aliphatic rings. The molecule has 2 N–H and O–H groups in total. The Morgan fingerprint density at radius 3 is 2.48 bits per heavy atom. The number of carbonyl (C=O) groups excluding carboxylic acids is 1. The number of hydrazone groups is 1. The summed E-state index contributed by atoms with van der Waals surface area (Å²) < 4.78 is 2.87. The van der Waals surface area contributed by atoms with Crippen molar-refractivity contribution in [2.24, 2.45) is 5.10 Å². The average molecular weight is 475 g/mol. The van der Waals surface area contributed by atoms with Gasteiger partial charge in [0.2, 0.25) is 0 Å². The van der Waals surface area contributed by atoms with Gasteiger partial charge in [-0.05, 0) is 29.8 Å². The number of aromatic nitrogens is 2. The zero-order chi connectivity index (χ0) is 21.6. The molecule has 7 heteroatoms. The Balaban J connectivity index is 1.58. The van der Waals surface area contributed by atoms with Crippen LogP contribution in [0.2, 0.25) is 0 Å². The summed E-state index contributed by atoms with van der Waals surface area (Å²) in [6, 6.07) is 24.2. The van der Waals surface area contributed by atoms with Crippen molar-refractivity contribution in [2.75, 3.05) is 0 Å². The van der Waals surface area contributed by atoms with Crippen LogP contribution < -0.4 is 5.43 Å². The molecule has 6 nitrogen and oxygen atoms in total. The Morgan fingerprint density at radius 1 is 1.03 bits per heavy atom. The number of nitrogens with zero attached hydrogens (tertiary/aromatic N) is 3. The number of hydrogen-bond acceptors (Lipinski definition) is 4. The molecule has 1 amide bonds. The molecule has 0 saturated carbocycles. The Kier molecular flexibility index (Phi) is 6.24. The summed E-state index contributed by atoms with van der Waals surface area (Å²) in [5, 5.41) is 18.6. The largest absolute Gasteiger partial charge is 0.507 e. The van der Waals surface area contributed by atoms with Gasteiger partial charge in [0.15, 0.2) is 0 Å². The van der Waals surface area contributed by atoms with E-state index in [9.17, 15) is 9.90 Å². The minimum Gasteiger partial charge on any atom is -0.507 e. The smallest absolute Gasteiger partial charge is 0.275 e. The van der Waals surface area contributed by atoms with E-state index in [0.29, 0.717) is 6.54 Å². The molecular weight excluding hydrogens is 456 g/mol. The molecular formula is C24H19BrN4O2. The third kappa shape index (κ3) is 5.07. The van der Waals surface area contributed by atoms with E-state index in [0.717, 1.165) is 26.9 Å². The monoisotopic (exact) mass is 474 g/mol. The number of nitrogens with one attached hydrogen (secondary N) is 1. The Bertz CT molecular complexity index is 1220. The number of para-hydroxylation sites is 1. The zero-order valence-electron chi connectivity index (χ0n) is 16.4. The van der Waals surface area contributed by atoms with Gasteiger partial charge in [0.25, 0.3) is 5.91 Å². The fourth-order valence-corrected chi connectivity index (χ4v) is 3.36. The second-order valence-electron chi connectivity index (χ2n) is 6.84. The van der Waals surface area contributed by atoms with Crippen molar-refractivity contribution in [3.63, 3.8) is 0 Å². The number of benzene rings is 3. The molecule has 0 aliphatic heterocycles. The first-order valence-corrected chi connectivity index (χ1v) is 10.4. The molecule has 31 heavy (non-hydrogen) atoms. The van der Waals surface area contributed by atoms with E-state index in [1.54, 1.807) is 18.3 Å². The number of halogens is 1. The summed E-state index contributed by atoms with van der Waals surface area (Å²) >= 11 is 3.45. The third-order valence-electron chi connectivity index (χ3n) is 4.61. The standard InChI is InChI=1S/C24H19BrN4O2/c25-20-12-10-17(11-13-20)15-29-16-19(23(28-29)18-6-2-1-3-7-18)14-26-27-24(31)21-8-4-5-9-22(21)30/h1-14,16,30H,15H2,(H,27,31). The van der Waals surface area contributed by atoms with E-state index in [4.69, 9.17) is 5.10 Å². The molecule has 1 heterocycles. The maximum Gasteiger partial charge on any atom is 0.275 e. The number of aromatic hydroxyl groups is 1. The molecule has 4 aromatic rings. The molecule has 3 aromatic carbocycles. The fourth-order valence-electron chi connectivity index (χ4n) is 3.10. The predicted molar refractivity (Wildman–Crippen MR) is 124 cm³/mol. The van der Waals surface area contributed by atoms with Gasteiger partial charge in [-0.2, -0.15) is 10.2 Å². The highest BCUT2D eigenvalue weighted by Crippen LogP contribution is 2.21. The van der Waals surface area contributed by atoms with Crippen molar-refractivity contribution in [1.29, 1.82) is 0 Å². The van der Waals surface area contributed by atoms with Gasteiger partial charge in [-0.25, -0.2) is 5.43 Å². The summed E-state index contributed by atoms with van der Waals surface area (Å²) in [7, 11) is 0. The van der Waals surface area contributed by atoms with E-state index >= 15 is 0 Å². The van der Waals surface area contributed by atoms with Crippen LogP contribution in [0.25, 0.3) is 11.3 Å². The second-order valence-corrected chi connectivity index (χ2v) is 7.76. The summed E-state index contributed by atoms with van der Waals surface area (Å²) in [4.78, 5) is 12.3. The van der Waals surface area contributed by atoms with Gasteiger partial charge in [-0.1, -0.05) is 70.5 Å². The highest BCUT2D eigenvalue weighted by Gasteiger charge is 2.12. The lowest BCUT2D eigenvalue weighted by Crippen LogP contribution is -2.17. The van der Waals surface area contributed by atoms with Crippen LogP contribution in [0.3, 0.4) is 0 Å². The van der Waals surface area contributed by atoms with Crippen molar-refractivity contribution in [3.05, 3.63) is 106 Å². The second kappa shape index (κ2) is 9.40. The van der Waals surface area contributed by atoms with Gasteiger partial charge >= 0.3 is 0 Å². The van der Waals surface area contributed by atoms with Crippen LogP contribution in [0.5, 0.6) is 5.75 Å². The zero-order valence-corrected chi connectivity index (χ0v) is 18.0. The van der Waals surface area contributed by atoms with Crippen LogP contribution >= 0.6 is 15.9 Å². The molecule has 1 aromatic heterocycles. The lowest BCUT2D eigenvalue weighted by Gasteiger charge is -2.02. The lowest BCUT2D eigenvalue weighted by molar-refractivity contribution is 0.0952. The van der Waals surface area contributed by atoms with Crippen LogP contribution in [0.1, 0.15) is 21.5 Å². The average Bonchev–Trinajstić information content (AvgIpc) is 3.18. The van der Waals surface area contributed by atoms with Gasteiger partial charge in [0, 0.05) is 21.8 Å². The Hall–Kier alpha value is -3.71. The third-order valence-corrected chi connectivity index (χ3v) is 5.14. The summed E-state index contributed by atoms with van der Waals surface area (Å²) in [5.41, 5.74) is 6.21. The highest BCUT2D eigenvalue weighted by molar-refractivity contribution is 9.10. The first kappa shape index (κ1) is 20.6. The van der Waals surface area contributed by atoms with E-state index in [1.165, 1.54) is 12.1 Å². The molecule has 0 radical (unpaired) electrons. The van der Waals surface area contributed by atoms with Gasteiger partial charge in [0.05, 0.1) is 18.3 Å². The van der Waals surface area contributed by atoms with E-state index in [2.05, 4.69) is 26.5 Å². The SMILES string of the molecule is O=C(NN=Cc1cn(Cc2ccc(Br)cc2)nc1-c1ccccc1)c1ccccc1O. The van der Waals surface area contributed by atoms with Crippen molar-refractivity contribution in [3.8, 4) is 17.0 Å². The van der Waals surface area contributed by atoms with E-state index in [-0.39, 0.29) is 11.3 Å². The fraction of sp³-hybridized carbons (Fsp3) is 0.0417. The molecule has 0 fully saturated rings. The summed E-state index contributed by atoms with van der Waals surface area (Å²) in [6.45, 7) is 0.602. The summed E-state index contributed by atoms with van der Waals surface area (Å²) in [6.07, 6.45) is 3.45. The first-order valence-electron chi connectivity index (χ1n) is 9.59. The molecule has 154 valence electrons. The van der Waals surface area contributed by atoms with E-state index < -0.39 is 5.91 Å². The van der Waals surface area contributed by atoms with Gasteiger partial charge < -0.3 is 5.11 Å². The van der Waals surface area contributed by atoms with Crippen LogP contribution in [-0.2, 0) is 6.54 Å². The number of phenols is 1. The first-order chi connectivity index (χ1) is 15.1. The molecule has 0 bridgehead atoms. The predicted octanol–water partition coefficient (Wildman–Crippen LogP) is 4.83. The minimum absolute atomic E-state index is 0.0949. The number of phenolic OH excluding ortho intramolecular Hbond substituents is 1. The lowest BCUT2D eigenvalue weighted by atomic mass is 10.1. The molecule has 0 aliphatic carbocycles. The van der Waals surface area contributed by atoms with Crippen molar-refractivity contribution in [2.45, 2.75) is 6.54 Å². The van der Waals surface area contributed by atoms with Crippen LogP contribution in [0.4, 0.5) is 0 Å². The Morgan fingerprint density at radius 2 is 1.74 bits per heavy atom. The molecule has 4 rings (SSSR count). The van der Waals surface area contributed by atoms with Crippen LogP contribution in [0, 0.1) is 0 Å². The van der Waals surface area contributed by atoms with Crippen molar-refractivity contribution >= 4 is 28.1 Å². The highest BCUT2D eigenvalue weighted by atomic mass is 79.9. The molecule has 0 spiro atoms. The molecule has 0 saturated heterocycles. The van der Waals surface area contributed by atoms with E-state index in [1.807, 2.05) is 65.5 Å². The van der Waals surface area contributed by atoms with Crippen LogP contribution in [-0.4, -0.2) is 27.0 Å². The molecule has 0 atom stereocenters. The van der Waals surface area contributed by atoms with Gasteiger partial charge in [0.1, 0.15) is 11.4 Å². The Labute approximate surface area is 188 Å². The quantitative estimate of drug-likeness (QED) is 0.310. The molecule has 0 unspecified atom stereocenters. The number of rotatable bonds is 6. The number of amides is 1. The summed E-state index contributed by atoms with van der Waals surface area (Å²) in [5.74, 6) is -0.583. The van der Waals surface area contributed by atoms with Crippen LogP contribution in [0.15, 0.2) is 94.6 Å². The van der Waals surface area contributed by atoms with Crippen molar-refractivity contribution < 1.29 is 9.90 Å². The maximum atomic E-state index is 12.3. The van der Waals surface area contributed by atoms with Crippen molar-refractivity contribution in [1.82, 2.24) is 15.2 Å².